The van der Waals surface area contributed by atoms with E-state index in [1.54, 1.807) is 18.2 Å². The Bertz CT molecular complexity index is 4150. The quantitative estimate of drug-likeness (QED) is 0.182. The molecule has 0 aliphatic heterocycles. The molecule has 0 aliphatic carbocycles. The van der Waals surface area contributed by atoms with Crippen LogP contribution in [-0.2, 0) is 0 Å². The molecule has 0 saturated carbocycles. The fraction of sp³-hybridized carbons (Fsp3) is 0. The average Bonchev–Trinajstić information content (AvgIpc) is 3.97. The van der Waals surface area contributed by atoms with Crippen LogP contribution in [-0.4, -0.2) is 0 Å². The summed E-state index contributed by atoms with van der Waals surface area (Å²) in [5.41, 5.74) is -4.94. The van der Waals surface area contributed by atoms with Gasteiger partial charge >= 0.3 is 0 Å². The van der Waals surface area contributed by atoms with Crippen LogP contribution >= 0.6 is 11.3 Å². The maximum absolute atomic E-state index is 9.74. The Kier molecular flexibility index (Phi) is 2.99. The van der Waals surface area contributed by atoms with Crippen LogP contribution < -0.4 is 4.90 Å². The molecule has 0 atom stereocenters. The van der Waals surface area contributed by atoms with Crippen LogP contribution in [0, 0.1) is 0 Å². The first kappa shape index (κ1) is 13.0. The predicted octanol–water partition coefficient (Wildman–Crippen LogP) is 13.9. The molecule has 2 heterocycles. The molecule has 10 rings (SSSR count). The van der Waals surface area contributed by atoms with E-state index in [0.717, 1.165) is 0 Å². The largest absolute Gasteiger partial charge is 0.455 e. The second kappa shape index (κ2) is 11.2. The highest BCUT2D eigenvalue weighted by molar-refractivity contribution is 7.26. The number of rotatable bonds is 5. The molecule has 0 saturated heterocycles. The SMILES string of the molecule is [2H]c1c([2H])c(N(c2c([2H])c([2H])c(-c3c([2H])c([2H])c([2H])c4c3sc3c([2H])c([2H])c([2H])c([2H])c34)c([2H])c2[2H])c2c([2H])c([2H])c([2H])c3oc4c5c([2H])c([2H])c([2H])c([2H])c5c([2H])c([2H])c4c23)c([2H])c([2H])c1-c1ccccc1. The lowest BCUT2D eigenvalue weighted by Gasteiger charge is -2.26. The van der Waals surface area contributed by atoms with Gasteiger partial charge in [0.2, 0.25) is 0 Å². The van der Waals surface area contributed by atoms with Crippen LogP contribution in [0.2, 0.25) is 0 Å². The summed E-state index contributed by atoms with van der Waals surface area (Å²) >= 11 is 0.660. The number of nitrogens with zero attached hydrogens (tertiary/aromatic N) is 1. The van der Waals surface area contributed by atoms with E-state index in [4.69, 9.17) is 23.6 Å². The van der Waals surface area contributed by atoms with E-state index in [-0.39, 0.29) is 31.3 Å². The van der Waals surface area contributed by atoms with E-state index >= 15 is 0 Å². The first-order valence-electron chi connectivity index (χ1n) is 26.6. The number of thiophene rings is 1. The number of benzene rings is 8. The lowest BCUT2D eigenvalue weighted by molar-refractivity contribution is 0.672. The molecule has 0 bridgehead atoms. The van der Waals surface area contributed by atoms with Crippen LogP contribution in [0.4, 0.5) is 17.1 Å². The lowest BCUT2D eigenvalue weighted by Crippen LogP contribution is -2.10. The van der Waals surface area contributed by atoms with E-state index in [9.17, 15) is 13.7 Å². The molecule has 0 amide bonds. The van der Waals surface area contributed by atoms with Crippen molar-refractivity contribution in [3.63, 3.8) is 0 Å². The summed E-state index contributed by atoms with van der Waals surface area (Å²) in [7, 11) is 0. The highest BCUT2D eigenvalue weighted by Gasteiger charge is 2.21. The van der Waals surface area contributed by atoms with Gasteiger partial charge in [-0.05, 0) is 76.0 Å². The third kappa shape index (κ3) is 4.55. The standard InChI is InChI=1S/C46H29NOS/c1-2-10-30(11-3-1)31-20-25-34(26-21-31)47(41-17-9-18-42-44(41)40-29-24-32-12-4-5-13-36(32)45(40)48-42)35-27-22-33(23-28-35)37-15-8-16-39-38-14-6-7-19-43(38)49-46(37)39/h1-29H/i4D,5D,6D,7D,8D,9D,12D,13D,14D,15D,16D,17D,18D,19D,20D,21D,22D,23D,24D,25D,26D,27D,28D,29D. The zero-order chi connectivity index (χ0) is 53.2. The van der Waals surface area contributed by atoms with Crippen molar-refractivity contribution in [2.24, 2.45) is 0 Å². The molecular weight excluding hydrogens is 615 g/mol. The second-order valence-corrected chi connectivity index (χ2v) is 11.7. The predicted molar refractivity (Wildman–Crippen MR) is 210 cm³/mol. The van der Waals surface area contributed by atoms with Crippen molar-refractivity contribution in [3.05, 3.63) is 175 Å². The summed E-state index contributed by atoms with van der Waals surface area (Å²) in [6, 6.07) is -11.6. The highest BCUT2D eigenvalue weighted by Crippen LogP contribution is 2.45. The van der Waals surface area contributed by atoms with Crippen molar-refractivity contribution >= 4 is 81.3 Å². The Balaban J connectivity index is 1.41. The number of furan rings is 1. The Hall–Kier alpha value is -6.16. The first-order valence-corrected chi connectivity index (χ1v) is 15.5. The van der Waals surface area contributed by atoms with Crippen molar-refractivity contribution < 1.29 is 37.3 Å². The zero-order valence-electron chi connectivity index (χ0n) is 48.7. The Labute approximate surface area is 321 Å². The molecule has 2 nitrogen and oxygen atoms in total. The number of hydrogen-bond donors (Lipinski definition) is 0. The van der Waals surface area contributed by atoms with Crippen LogP contribution in [0.15, 0.2) is 180 Å². The molecule has 0 unspecified atom stereocenters. The summed E-state index contributed by atoms with van der Waals surface area (Å²) < 4.78 is 223. The second-order valence-electron chi connectivity index (χ2n) is 10.6. The Morgan fingerprint density at radius 3 is 2.02 bits per heavy atom. The van der Waals surface area contributed by atoms with Gasteiger partial charge in [0.25, 0.3) is 0 Å². The maximum Gasteiger partial charge on any atom is 0.143 e. The monoisotopic (exact) mass is 667 g/mol. The minimum absolute atomic E-state index is 0.0996. The Morgan fingerprint density at radius 2 is 1.20 bits per heavy atom. The van der Waals surface area contributed by atoms with Gasteiger partial charge in [0.05, 0.1) is 44.0 Å². The van der Waals surface area contributed by atoms with Gasteiger partial charge in [-0.15, -0.1) is 11.3 Å². The van der Waals surface area contributed by atoms with Crippen molar-refractivity contribution in [1.82, 2.24) is 0 Å². The van der Waals surface area contributed by atoms with E-state index in [2.05, 4.69) is 0 Å². The van der Waals surface area contributed by atoms with Crippen LogP contribution in [0.1, 0.15) is 32.9 Å². The molecule has 0 N–H and O–H groups in total. The van der Waals surface area contributed by atoms with Gasteiger partial charge in [-0.2, -0.15) is 0 Å². The van der Waals surface area contributed by atoms with E-state index in [1.807, 2.05) is 0 Å². The van der Waals surface area contributed by atoms with Crippen molar-refractivity contribution in [2.45, 2.75) is 0 Å². The maximum atomic E-state index is 9.74. The number of hydrogen-bond acceptors (Lipinski definition) is 3. The molecule has 10 aromatic rings. The molecule has 49 heavy (non-hydrogen) atoms. The smallest absolute Gasteiger partial charge is 0.143 e. The third-order valence-electron chi connectivity index (χ3n) is 7.87. The van der Waals surface area contributed by atoms with Gasteiger partial charge < -0.3 is 9.32 Å². The lowest BCUT2D eigenvalue weighted by atomic mass is 10.0. The first-order chi connectivity index (χ1) is 34.3. The highest BCUT2D eigenvalue weighted by atomic mass is 32.1. The van der Waals surface area contributed by atoms with Gasteiger partial charge in [-0.1, -0.05) is 127 Å². The molecule has 0 fully saturated rings. The van der Waals surface area contributed by atoms with Crippen LogP contribution in [0.3, 0.4) is 0 Å². The molecular formula is C46H29NOS. The van der Waals surface area contributed by atoms with Crippen LogP contribution in [0.25, 0.3) is 75.1 Å². The third-order valence-corrected chi connectivity index (χ3v) is 8.99. The van der Waals surface area contributed by atoms with Crippen molar-refractivity contribution in [1.29, 1.82) is 0 Å². The van der Waals surface area contributed by atoms with Crippen molar-refractivity contribution in [2.75, 3.05) is 4.90 Å². The van der Waals surface area contributed by atoms with Gasteiger partial charge in [0.15, 0.2) is 0 Å². The minimum Gasteiger partial charge on any atom is -0.455 e. The van der Waals surface area contributed by atoms with Gasteiger partial charge in [-0.25, -0.2) is 0 Å². The Morgan fingerprint density at radius 1 is 0.510 bits per heavy atom. The van der Waals surface area contributed by atoms with E-state index in [0.29, 0.717) is 16.2 Å². The summed E-state index contributed by atoms with van der Waals surface area (Å²) in [5.74, 6) is 0. The van der Waals surface area contributed by atoms with Gasteiger partial charge in [-0.3, -0.25) is 0 Å². The van der Waals surface area contributed by atoms with Crippen molar-refractivity contribution in [3.8, 4) is 22.3 Å². The molecule has 3 heteroatoms. The fourth-order valence-electron chi connectivity index (χ4n) is 5.67. The summed E-state index contributed by atoms with van der Waals surface area (Å²) in [5, 5.41) is -2.42. The van der Waals surface area contributed by atoms with Gasteiger partial charge in [0.1, 0.15) is 11.2 Å². The summed E-state index contributed by atoms with van der Waals surface area (Å²) in [6.45, 7) is 0. The molecule has 0 aliphatic rings. The summed E-state index contributed by atoms with van der Waals surface area (Å²) in [6.07, 6.45) is 0. The average molecular weight is 668 g/mol. The fourth-order valence-corrected chi connectivity index (χ4v) is 6.74. The van der Waals surface area contributed by atoms with Crippen LogP contribution in [0.5, 0.6) is 0 Å². The minimum atomic E-state index is -1.08. The number of anilines is 3. The molecule has 0 radical (unpaired) electrons. The zero-order valence-corrected chi connectivity index (χ0v) is 25.5. The molecule has 2 aromatic heterocycles. The topological polar surface area (TPSA) is 16.4 Å². The molecule has 230 valence electrons. The van der Waals surface area contributed by atoms with E-state index < -0.39 is 206 Å². The summed E-state index contributed by atoms with van der Waals surface area (Å²) in [4.78, 5) is 0.620. The molecule has 0 spiro atoms. The molecule has 8 aromatic carbocycles. The normalized spacial score (nSPS) is 18.5. The van der Waals surface area contributed by atoms with E-state index in [1.165, 1.54) is 12.1 Å². The number of fused-ring (bicyclic) bond motifs is 8. The van der Waals surface area contributed by atoms with Gasteiger partial charge in [0, 0.05) is 42.3 Å².